The van der Waals surface area contributed by atoms with Crippen LogP contribution in [0.15, 0.2) is 12.3 Å². The van der Waals surface area contributed by atoms with E-state index in [1.165, 1.54) is 12.8 Å². The summed E-state index contributed by atoms with van der Waals surface area (Å²) < 4.78 is 5.81. The lowest BCUT2D eigenvalue weighted by atomic mass is 9.88. The maximum absolute atomic E-state index is 5.81. The Morgan fingerprint density at radius 1 is 1.47 bits per heavy atom. The zero-order valence-electron chi connectivity index (χ0n) is 8.81. The number of anilines is 1. The Kier molecular flexibility index (Phi) is 2.09. The number of fused-ring (bicyclic) bond motifs is 2. The lowest BCUT2D eigenvalue weighted by molar-refractivity contribution is 0.0999. The first-order valence-corrected chi connectivity index (χ1v) is 5.53. The van der Waals surface area contributed by atoms with Gasteiger partial charge in [-0.2, -0.15) is 0 Å². The van der Waals surface area contributed by atoms with Gasteiger partial charge in [-0.1, -0.05) is 0 Å². The number of hydrogen-bond acceptors (Lipinski definition) is 4. The van der Waals surface area contributed by atoms with Gasteiger partial charge in [-0.15, -0.1) is 0 Å². The van der Waals surface area contributed by atoms with Gasteiger partial charge < -0.3 is 10.1 Å². The summed E-state index contributed by atoms with van der Waals surface area (Å²) in [6.07, 6.45) is 6.12. The molecule has 1 aromatic rings. The molecular weight excluding hydrogens is 190 g/mol. The average Bonchev–Trinajstić information content (AvgIpc) is 2.91. The highest BCUT2D eigenvalue weighted by Gasteiger charge is 2.42. The molecule has 3 atom stereocenters. The summed E-state index contributed by atoms with van der Waals surface area (Å²) in [5.74, 6) is 2.24. The molecule has 2 saturated heterocycles. The van der Waals surface area contributed by atoms with Crippen LogP contribution in [0.3, 0.4) is 0 Å². The van der Waals surface area contributed by atoms with E-state index in [-0.39, 0.29) is 0 Å². The quantitative estimate of drug-likeness (QED) is 0.795. The summed E-state index contributed by atoms with van der Waals surface area (Å²) in [4.78, 5) is 8.85. The van der Waals surface area contributed by atoms with Crippen LogP contribution in [0.2, 0.25) is 0 Å². The first-order chi connectivity index (χ1) is 7.36. The second-order valence-corrected chi connectivity index (χ2v) is 4.27. The van der Waals surface area contributed by atoms with E-state index < -0.39 is 0 Å². The van der Waals surface area contributed by atoms with E-state index in [1.807, 2.05) is 19.3 Å². The van der Waals surface area contributed by atoms with E-state index in [0.717, 1.165) is 18.1 Å². The van der Waals surface area contributed by atoms with E-state index in [1.54, 1.807) is 0 Å². The van der Waals surface area contributed by atoms with Gasteiger partial charge in [0.25, 0.3) is 0 Å². The molecule has 0 radical (unpaired) electrons. The van der Waals surface area contributed by atoms with Crippen molar-refractivity contribution in [1.29, 1.82) is 0 Å². The van der Waals surface area contributed by atoms with E-state index in [0.29, 0.717) is 18.1 Å². The van der Waals surface area contributed by atoms with Crippen LogP contribution in [0.1, 0.15) is 31.0 Å². The van der Waals surface area contributed by atoms with Gasteiger partial charge >= 0.3 is 0 Å². The molecule has 15 heavy (non-hydrogen) atoms. The van der Waals surface area contributed by atoms with Crippen LogP contribution in [0.5, 0.6) is 0 Å². The molecule has 4 nitrogen and oxygen atoms in total. The maximum atomic E-state index is 5.81. The zero-order valence-corrected chi connectivity index (χ0v) is 8.81. The standard InChI is InChI=1S/C11H15N3O/c1-12-10-4-5-13-11(14-10)8-6-7-2-3-9(8)15-7/h4-5,7-9H,2-3,6H2,1H3,(H,12,13,14). The second kappa shape index (κ2) is 3.45. The number of hydrogen-bond donors (Lipinski definition) is 1. The van der Waals surface area contributed by atoms with Gasteiger partial charge in [0, 0.05) is 19.2 Å². The molecular formula is C11H15N3O. The van der Waals surface area contributed by atoms with E-state index >= 15 is 0 Å². The first-order valence-electron chi connectivity index (χ1n) is 5.53. The molecule has 0 saturated carbocycles. The molecule has 3 rings (SSSR count). The first kappa shape index (κ1) is 9.09. The molecule has 1 aromatic heterocycles. The zero-order chi connectivity index (χ0) is 10.3. The Morgan fingerprint density at radius 2 is 2.40 bits per heavy atom. The van der Waals surface area contributed by atoms with Crippen molar-refractivity contribution in [3.63, 3.8) is 0 Å². The molecule has 3 heterocycles. The summed E-state index contributed by atoms with van der Waals surface area (Å²) in [7, 11) is 1.88. The second-order valence-electron chi connectivity index (χ2n) is 4.27. The van der Waals surface area contributed by atoms with Crippen molar-refractivity contribution < 1.29 is 4.74 Å². The van der Waals surface area contributed by atoms with Crippen molar-refractivity contribution in [2.24, 2.45) is 0 Å². The molecule has 2 fully saturated rings. The fourth-order valence-corrected chi connectivity index (χ4v) is 2.60. The number of nitrogens with one attached hydrogen (secondary N) is 1. The van der Waals surface area contributed by atoms with Gasteiger partial charge in [0.2, 0.25) is 0 Å². The summed E-state index contributed by atoms with van der Waals surface area (Å²) in [6, 6.07) is 1.89. The normalized spacial score (nSPS) is 33.3. The van der Waals surface area contributed by atoms with Crippen LogP contribution in [0, 0.1) is 0 Å². The predicted molar refractivity (Wildman–Crippen MR) is 56.8 cm³/mol. The fraction of sp³-hybridized carbons (Fsp3) is 0.636. The van der Waals surface area contributed by atoms with E-state index in [9.17, 15) is 0 Å². The molecule has 0 spiro atoms. The predicted octanol–water partition coefficient (Wildman–Crippen LogP) is 1.55. The third-order valence-electron chi connectivity index (χ3n) is 3.37. The third-order valence-corrected chi connectivity index (χ3v) is 3.37. The van der Waals surface area contributed by atoms with Crippen molar-refractivity contribution in [3.05, 3.63) is 18.1 Å². The topological polar surface area (TPSA) is 47.0 Å². The smallest absolute Gasteiger partial charge is 0.136 e. The van der Waals surface area contributed by atoms with Crippen LogP contribution in [0.4, 0.5) is 5.82 Å². The number of nitrogens with zero attached hydrogens (tertiary/aromatic N) is 2. The molecule has 2 aliphatic heterocycles. The highest BCUT2D eigenvalue weighted by Crippen LogP contribution is 2.43. The minimum atomic E-state index is 0.363. The van der Waals surface area contributed by atoms with Gasteiger partial charge in [-0.05, 0) is 25.3 Å². The molecule has 0 amide bonds. The number of ether oxygens (including phenoxy) is 1. The van der Waals surface area contributed by atoms with Gasteiger partial charge in [0.1, 0.15) is 11.6 Å². The Balaban J connectivity index is 1.86. The highest BCUT2D eigenvalue weighted by atomic mass is 16.5. The lowest BCUT2D eigenvalue weighted by Crippen LogP contribution is -2.17. The SMILES string of the molecule is CNc1ccnc(C2CC3CCC2O3)n1. The number of rotatable bonds is 2. The Morgan fingerprint density at radius 3 is 3.07 bits per heavy atom. The van der Waals surface area contributed by atoms with Crippen LogP contribution >= 0.6 is 0 Å². The summed E-state index contributed by atoms with van der Waals surface area (Å²) >= 11 is 0. The van der Waals surface area contributed by atoms with Crippen molar-refractivity contribution in [2.45, 2.75) is 37.4 Å². The summed E-state index contributed by atoms with van der Waals surface area (Å²) in [5.41, 5.74) is 0. The van der Waals surface area contributed by atoms with Gasteiger partial charge in [-0.3, -0.25) is 0 Å². The van der Waals surface area contributed by atoms with Gasteiger partial charge in [-0.25, -0.2) is 9.97 Å². The summed E-state index contributed by atoms with van der Waals surface area (Å²) in [6.45, 7) is 0. The Hall–Kier alpha value is -1.16. The van der Waals surface area contributed by atoms with Gasteiger partial charge in [0.15, 0.2) is 0 Å². The molecule has 0 aliphatic carbocycles. The molecule has 2 bridgehead atoms. The van der Waals surface area contributed by atoms with E-state index in [2.05, 4.69) is 15.3 Å². The van der Waals surface area contributed by atoms with E-state index in [4.69, 9.17) is 4.74 Å². The fourth-order valence-electron chi connectivity index (χ4n) is 2.60. The maximum Gasteiger partial charge on any atom is 0.136 e. The highest BCUT2D eigenvalue weighted by molar-refractivity contribution is 5.32. The molecule has 4 heteroatoms. The largest absolute Gasteiger partial charge is 0.374 e. The van der Waals surface area contributed by atoms with Gasteiger partial charge in [0.05, 0.1) is 12.2 Å². The van der Waals surface area contributed by atoms with Crippen LogP contribution < -0.4 is 5.32 Å². The van der Waals surface area contributed by atoms with Crippen LogP contribution in [-0.2, 0) is 4.74 Å². The molecule has 2 aliphatic rings. The van der Waals surface area contributed by atoms with Crippen LogP contribution in [-0.4, -0.2) is 29.2 Å². The molecule has 0 aromatic carbocycles. The minimum absolute atomic E-state index is 0.363. The molecule has 80 valence electrons. The van der Waals surface area contributed by atoms with Crippen molar-refractivity contribution >= 4 is 5.82 Å². The summed E-state index contributed by atoms with van der Waals surface area (Å²) in [5, 5.41) is 3.04. The van der Waals surface area contributed by atoms with Crippen molar-refractivity contribution in [3.8, 4) is 0 Å². The lowest BCUT2D eigenvalue weighted by Gasteiger charge is -2.17. The third kappa shape index (κ3) is 1.49. The molecule has 3 unspecified atom stereocenters. The Labute approximate surface area is 89.1 Å². The Bertz CT molecular complexity index is 369. The monoisotopic (exact) mass is 205 g/mol. The van der Waals surface area contributed by atoms with Crippen molar-refractivity contribution in [2.75, 3.05) is 12.4 Å². The molecule has 1 N–H and O–H groups in total. The average molecular weight is 205 g/mol. The van der Waals surface area contributed by atoms with Crippen LogP contribution in [0.25, 0.3) is 0 Å². The van der Waals surface area contributed by atoms with Crippen molar-refractivity contribution in [1.82, 2.24) is 9.97 Å². The number of aromatic nitrogens is 2. The minimum Gasteiger partial charge on any atom is -0.374 e.